The Morgan fingerprint density at radius 3 is 3.00 bits per heavy atom. The summed E-state index contributed by atoms with van der Waals surface area (Å²) in [6.07, 6.45) is 1.55. The second kappa shape index (κ2) is 6.08. The van der Waals surface area contributed by atoms with Crippen molar-refractivity contribution in [2.24, 2.45) is 0 Å². The van der Waals surface area contributed by atoms with Crippen LogP contribution in [0, 0.1) is 0 Å². The molecule has 6 nitrogen and oxygen atoms in total. The normalized spacial score (nSPS) is 21.4. The maximum absolute atomic E-state index is 12.2. The third-order valence-electron chi connectivity index (χ3n) is 3.22. The van der Waals surface area contributed by atoms with Crippen molar-refractivity contribution in [2.45, 2.75) is 12.1 Å². The summed E-state index contributed by atoms with van der Waals surface area (Å²) in [5, 5.41) is 6.97. The molecular formula is C13H12BrN3O3S. The van der Waals surface area contributed by atoms with Gasteiger partial charge in [0.05, 0.1) is 27.9 Å². The van der Waals surface area contributed by atoms with Crippen molar-refractivity contribution < 1.29 is 9.53 Å². The van der Waals surface area contributed by atoms with Crippen molar-refractivity contribution >= 4 is 33.2 Å². The number of halogens is 1. The number of thiophene rings is 1. The lowest BCUT2D eigenvalue weighted by molar-refractivity contribution is 0.0929. The zero-order valence-electron chi connectivity index (χ0n) is 10.9. The van der Waals surface area contributed by atoms with Crippen LogP contribution in [0.5, 0.6) is 0 Å². The van der Waals surface area contributed by atoms with E-state index in [0.717, 1.165) is 3.79 Å². The summed E-state index contributed by atoms with van der Waals surface area (Å²) in [5.41, 5.74) is -0.203. The highest BCUT2D eigenvalue weighted by molar-refractivity contribution is 9.11. The van der Waals surface area contributed by atoms with E-state index in [1.165, 1.54) is 22.1 Å². The van der Waals surface area contributed by atoms with E-state index in [9.17, 15) is 9.59 Å². The number of nitrogens with zero attached hydrogens (tertiary/aromatic N) is 2. The van der Waals surface area contributed by atoms with Gasteiger partial charge in [0.25, 0.3) is 11.5 Å². The fraction of sp³-hybridized carbons (Fsp3) is 0.308. The van der Waals surface area contributed by atoms with E-state index in [1.807, 2.05) is 6.07 Å². The zero-order chi connectivity index (χ0) is 14.8. The average Bonchev–Trinajstić information content (AvgIpc) is 3.08. The molecule has 0 aromatic carbocycles. The fourth-order valence-electron chi connectivity index (χ4n) is 2.22. The predicted molar refractivity (Wildman–Crippen MR) is 81.6 cm³/mol. The third-order valence-corrected chi connectivity index (χ3v) is 4.84. The van der Waals surface area contributed by atoms with Crippen LogP contribution in [0.4, 0.5) is 0 Å². The van der Waals surface area contributed by atoms with Gasteiger partial charge in [-0.1, -0.05) is 0 Å². The molecule has 0 aliphatic carbocycles. The van der Waals surface area contributed by atoms with E-state index in [0.29, 0.717) is 18.1 Å². The Labute approximate surface area is 132 Å². The van der Waals surface area contributed by atoms with Gasteiger partial charge >= 0.3 is 0 Å². The molecule has 2 aromatic rings. The minimum absolute atomic E-state index is 0.171. The molecule has 2 atom stereocenters. The van der Waals surface area contributed by atoms with Crippen LogP contribution in [-0.4, -0.2) is 34.9 Å². The minimum Gasteiger partial charge on any atom is -0.377 e. The summed E-state index contributed by atoms with van der Waals surface area (Å²) < 4.78 is 7.66. The van der Waals surface area contributed by atoms with Gasteiger partial charge in [0.2, 0.25) is 0 Å². The van der Waals surface area contributed by atoms with Crippen molar-refractivity contribution in [3.05, 3.63) is 49.5 Å². The molecule has 110 valence electrons. The molecule has 0 bridgehead atoms. The minimum atomic E-state index is -0.286. The van der Waals surface area contributed by atoms with Gasteiger partial charge in [-0.25, -0.2) is 4.68 Å². The second-order valence-electron chi connectivity index (χ2n) is 4.59. The molecule has 1 fully saturated rings. The Kier molecular flexibility index (Phi) is 4.18. The van der Waals surface area contributed by atoms with Crippen LogP contribution >= 0.6 is 27.3 Å². The van der Waals surface area contributed by atoms with Crippen LogP contribution in [0.1, 0.15) is 15.7 Å². The van der Waals surface area contributed by atoms with Crippen molar-refractivity contribution in [3.63, 3.8) is 0 Å². The summed E-state index contributed by atoms with van der Waals surface area (Å²) in [5.74, 6) is -0.171. The first-order chi connectivity index (χ1) is 10.1. The first kappa shape index (κ1) is 14.4. The summed E-state index contributed by atoms with van der Waals surface area (Å²) in [4.78, 5) is 24.6. The number of amides is 1. The van der Waals surface area contributed by atoms with Crippen molar-refractivity contribution in [1.29, 1.82) is 0 Å². The Bertz CT molecular complexity index is 714. The van der Waals surface area contributed by atoms with Crippen LogP contribution in [0.25, 0.3) is 0 Å². The third kappa shape index (κ3) is 3.07. The number of ether oxygens (including phenoxy) is 1. The lowest BCUT2D eigenvalue weighted by atomic mass is 10.1. The molecule has 1 amide bonds. The SMILES string of the molecule is O=C(NC1COCC1n1ncccc1=O)c1ccc(Br)s1. The van der Waals surface area contributed by atoms with Gasteiger partial charge in [0.15, 0.2) is 0 Å². The summed E-state index contributed by atoms with van der Waals surface area (Å²) in [6.45, 7) is 0.724. The molecule has 3 heterocycles. The molecule has 0 radical (unpaired) electrons. The monoisotopic (exact) mass is 369 g/mol. The highest BCUT2D eigenvalue weighted by atomic mass is 79.9. The molecule has 0 saturated carbocycles. The highest BCUT2D eigenvalue weighted by Gasteiger charge is 2.32. The van der Waals surface area contributed by atoms with Crippen molar-refractivity contribution in [1.82, 2.24) is 15.1 Å². The van der Waals surface area contributed by atoms with Gasteiger partial charge in [-0.2, -0.15) is 5.10 Å². The Hall–Kier alpha value is -1.51. The molecule has 1 aliphatic rings. The molecule has 2 aromatic heterocycles. The number of carbonyl (C=O) groups is 1. The van der Waals surface area contributed by atoms with Gasteiger partial charge in [0.1, 0.15) is 6.04 Å². The number of carbonyl (C=O) groups excluding carboxylic acids is 1. The first-order valence-corrected chi connectivity index (χ1v) is 7.94. The van der Waals surface area contributed by atoms with Gasteiger partial charge in [-0.05, 0) is 34.1 Å². The van der Waals surface area contributed by atoms with Crippen molar-refractivity contribution in [3.8, 4) is 0 Å². The lowest BCUT2D eigenvalue weighted by Crippen LogP contribution is -2.43. The predicted octanol–water partition coefficient (Wildman–Crippen LogP) is 1.44. The average molecular weight is 370 g/mol. The van der Waals surface area contributed by atoms with Gasteiger partial charge in [0, 0.05) is 12.3 Å². The van der Waals surface area contributed by atoms with Crippen LogP contribution in [0.3, 0.4) is 0 Å². The molecule has 1 N–H and O–H groups in total. The molecule has 2 unspecified atom stereocenters. The Morgan fingerprint density at radius 2 is 2.29 bits per heavy atom. The Balaban J connectivity index is 1.77. The fourth-order valence-corrected chi connectivity index (χ4v) is 3.50. The van der Waals surface area contributed by atoms with Gasteiger partial charge in [-0.15, -0.1) is 11.3 Å². The number of aromatic nitrogens is 2. The molecule has 8 heteroatoms. The van der Waals surface area contributed by atoms with Crippen LogP contribution in [0.15, 0.2) is 39.0 Å². The lowest BCUT2D eigenvalue weighted by Gasteiger charge is -2.19. The Morgan fingerprint density at radius 1 is 1.43 bits per heavy atom. The number of hydrogen-bond acceptors (Lipinski definition) is 5. The summed E-state index contributed by atoms with van der Waals surface area (Å²) >= 11 is 4.69. The van der Waals surface area contributed by atoms with E-state index in [-0.39, 0.29) is 23.6 Å². The molecule has 1 aliphatic heterocycles. The van der Waals surface area contributed by atoms with Crippen molar-refractivity contribution in [2.75, 3.05) is 13.2 Å². The van der Waals surface area contributed by atoms with E-state index in [2.05, 4.69) is 26.3 Å². The number of rotatable bonds is 3. The van der Waals surface area contributed by atoms with E-state index >= 15 is 0 Å². The molecule has 3 rings (SSSR count). The number of hydrogen-bond donors (Lipinski definition) is 1. The first-order valence-electron chi connectivity index (χ1n) is 6.33. The quantitative estimate of drug-likeness (QED) is 0.888. The van der Waals surface area contributed by atoms with Crippen LogP contribution in [-0.2, 0) is 4.74 Å². The smallest absolute Gasteiger partial charge is 0.267 e. The summed E-state index contributed by atoms with van der Waals surface area (Å²) in [6, 6.07) is 6.05. The maximum Gasteiger partial charge on any atom is 0.267 e. The highest BCUT2D eigenvalue weighted by Crippen LogP contribution is 2.23. The molecule has 1 saturated heterocycles. The molecule has 0 spiro atoms. The number of nitrogens with one attached hydrogen (secondary N) is 1. The topological polar surface area (TPSA) is 73.2 Å². The van der Waals surface area contributed by atoms with Gasteiger partial charge < -0.3 is 10.1 Å². The molecular weight excluding hydrogens is 358 g/mol. The van der Waals surface area contributed by atoms with E-state index in [1.54, 1.807) is 18.3 Å². The second-order valence-corrected chi connectivity index (χ2v) is 7.06. The zero-order valence-corrected chi connectivity index (χ0v) is 13.3. The maximum atomic E-state index is 12.2. The van der Waals surface area contributed by atoms with Crippen LogP contribution in [0.2, 0.25) is 0 Å². The van der Waals surface area contributed by atoms with Crippen LogP contribution < -0.4 is 10.9 Å². The summed E-state index contributed by atoms with van der Waals surface area (Å²) in [7, 11) is 0. The largest absolute Gasteiger partial charge is 0.377 e. The standard InChI is InChI=1S/C13H12BrN3O3S/c14-11-4-3-10(21-11)13(19)16-8-6-20-7-9(8)17-12(18)2-1-5-15-17/h1-5,8-9H,6-7H2,(H,16,19). The van der Waals surface area contributed by atoms with E-state index < -0.39 is 0 Å². The van der Waals surface area contributed by atoms with Gasteiger partial charge in [-0.3, -0.25) is 9.59 Å². The van der Waals surface area contributed by atoms with E-state index in [4.69, 9.17) is 4.74 Å². The molecule has 21 heavy (non-hydrogen) atoms.